The van der Waals surface area contributed by atoms with Crippen LogP contribution in [0, 0.1) is 25.7 Å². The molecule has 0 aliphatic heterocycles. The first-order valence-electron chi connectivity index (χ1n) is 7.58. The summed E-state index contributed by atoms with van der Waals surface area (Å²) in [6.45, 7) is 9.57. The molecule has 116 valence electrons. The van der Waals surface area contributed by atoms with Crippen molar-refractivity contribution in [2.45, 2.75) is 59.4 Å². The number of nitrogens with zero attached hydrogens (tertiary/aromatic N) is 2. The van der Waals surface area contributed by atoms with E-state index in [4.69, 9.17) is 0 Å². The molecule has 0 saturated heterocycles. The Balaban J connectivity index is 2.60. The lowest BCUT2D eigenvalue weighted by atomic mass is 9.95. The lowest BCUT2D eigenvalue weighted by molar-refractivity contribution is -0.138. The van der Waals surface area contributed by atoms with Crippen molar-refractivity contribution in [3.63, 3.8) is 0 Å². The van der Waals surface area contributed by atoms with Crippen LogP contribution >= 0.6 is 0 Å². The van der Waals surface area contributed by atoms with E-state index in [-0.39, 0.29) is 11.7 Å². The zero-order chi connectivity index (χ0) is 15.9. The molecule has 5 heteroatoms. The molecular formula is C16H24N2O3. The number of carbonyl (C=O) groups is 1. The summed E-state index contributed by atoms with van der Waals surface area (Å²) in [6, 6.07) is 0.125. The zero-order valence-corrected chi connectivity index (χ0v) is 13.4. The van der Waals surface area contributed by atoms with Gasteiger partial charge < -0.3 is 5.11 Å². The molecule has 0 bridgehead atoms. The fourth-order valence-corrected chi connectivity index (χ4v) is 3.64. The molecule has 1 saturated carbocycles. The van der Waals surface area contributed by atoms with Crippen LogP contribution in [0.5, 0.6) is 0 Å². The van der Waals surface area contributed by atoms with Crippen LogP contribution in [0.25, 0.3) is 0 Å². The Bertz CT molecular complexity index is 621. The number of carboxylic acid groups (broad SMARTS) is 1. The summed E-state index contributed by atoms with van der Waals surface area (Å²) in [7, 11) is 0. The summed E-state index contributed by atoms with van der Waals surface area (Å²) >= 11 is 0. The van der Waals surface area contributed by atoms with Gasteiger partial charge in [0, 0.05) is 23.0 Å². The van der Waals surface area contributed by atoms with E-state index in [1.54, 1.807) is 18.4 Å². The Morgan fingerprint density at radius 2 is 1.95 bits per heavy atom. The molecule has 1 aromatic rings. The summed E-state index contributed by atoms with van der Waals surface area (Å²) in [4.78, 5) is 27.8. The maximum absolute atomic E-state index is 12.3. The van der Waals surface area contributed by atoms with E-state index in [9.17, 15) is 14.7 Å². The predicted molar refractivity (Wildman–Crippen MR) is 80.6 cm³/mol. The third-order valence-electron chi connectivity index (χ3n) is 5.17. The predicted octanol–water partition coefficient (Wildman–Crippen LogP) is 2.66. The topological polar surface area (TPSA) is 72.2 Å². The van der Waals surface area contributed by atoms with Crippen molar-refractivity contribution in [3.05, 3.63) is 27.4 Å². The first-order chi connectivity index (χ1) is 9.75. The SMILES string of the molecule is Cc1nc(=O)n(C2CCC(C)C2C)c(C)c1C(C)C(=O)O. The third-order valence-corrected chi connectivity index (χ3v) is 5.17. The number of hydrogen-bond acceptors (Lipinski definition) is 3. The van der Waals surface area contributed by atoms with E-state index in [1.165, 1.54) is 0 Å². The van der Waals surface area contributed by atoms with Gasteiger partial charge in [-0.15, -0.1) is 0 Å². The van der Waals surface area contributed by atoms with Gasteiger partial charge in [0.1, 0.15) is 0 Å². The summed E-state index contributed by atoms with van der Waals surface area (Å²) < 4.78 is 1.73. The molecular weight excluding hydrogens is 268 g/mol. The Morgan fingerprint density at radius 3 is 2.43 bits per heavy atom. The molecule has 2 rings (SSSR count). The highest BCUT2D eigenvalue weighted by Gasteiger charge is 2.34. The van der Waals surface area contributed by atoms with Gasteiger partial charge in [0.15, 0.2) is 0 Å². The second kappa shape index (κ2) is 5.62. The van der Waals surface area contributed by atoms with Crippen LogP contribution in [0.4, 0.5) is 0 Å². The average molecular weight is 292 g/mol. The van der Waals surface area contributed by atoms with Gasteiger partial charge in [-0.25, -0.2) is 4.79 Å². The summed E-state index contributed by atoms with van der Waals surface area (Å²) in [5.74, 6) is -0.568. The molecule has 5 nitrogen and oxygen atoms in total. The fraction of sp³-hybridized carbons (Fsp3) is 0.688. The van der Waals surface area contributed by atoms with Crippen molar-refractivity contribution >= 4 is 5.97 Å². The number of aryl methyl sites for hydroxylation is 1. The summed E-state index contributed by atoms with van der Waals surface area (Å²) in [5.41, 5.74) is 1.71. The fourth-order valence-electron chi connectivity index (χ4n) is 3.64. The van der Waals surface area contributed by atoms with Crippen molar-refractivity contribution < 1.29 is 9.90 Å². The minimum atomic E-state index is -0.888. The monoisotopic (exact) mass is 292 g/mol. The van der Waals surface area contributed by atoms with Crippen LogP contribution < -0.4 is 5.69 Å². The van der Waals surface area contributed by atoms with Gasteiger partial charge in [-0.1, -0.05) is 13.8 Å². The van der Waals surface area contributed by atoms with Crippen LogP contribution in [-0.4, -0.2) is 20.6 Å². The Hall–Kier alpha value is -1.65. The highest BCUT2D eigenvalue weighted by Crippen LogP contribution is 2.40. The maximum atomic E-state index is 12.3. The van der Waals surface area contributed by atoms with E-state index in [0.29, 0.717) is 23.1 Å². The standard InChI is InChI=1S/C16H24N2O3/c1-8-6-7-13(9(8)2)18-12(5)14(10(3)15(19)20)11(4)17-16(18)21/h8-10,13H,6-7H2,1-5H3,(H,19,20). The average Bonchev–Trinajstić information content (AvgIpc) is 2.70. The number of carboxylic acids is 1. The molecule has 1 heterocycles. The van der Waals surface area contributed by atoms with Gasteiger partial charge in [-0.3, -0.25) is 9.36 Å². The van der Waals surface area contributed by atoms with Gasteiger partial charge in [-0.05, 0) is 45.4 Å². The second-order valence-electron chi connectivity index (χ2n) is 6.39. The van der Waals surface area contributed by atoms with Gasteiger partial charge in [0.2, 0.25) is 0 Å². The van der Waals surface area contributed by atoms with Gasteiger partial charge in [-0.2, -0.15) is 4.98 Å². The van der Waals surface area contributed by atoms with Crippen LogP contribution in [0.2, 0.25) is 0 Å². The van der Waals surface area contributed by atoms with Gasteiger partial charge in [0.05, 0.1) is 5.92 Å². The van der Waals surface area contributed by atoms with Crippen molar-refractivity contribution in [1.29, 1.82) is 0 Å². The summed E-state index contributed by atoms with van der Waals surface area (Å²) in [6.07, 6.45) is 2.05. The van der Waals surface area contributed by atoms with Crippen LogP contribution in [0.15, 0.2) is 4.79 Å². The second-order valence-corrected chi connectivity index (χ2v) is 6.39. The highest BCUT2D eigenvalue weighted by molar-refractivity contribution is 5.76. The molecule has 1 aliphatic carbocycles. The minimum absolute atomic E-state index is 0.125. The highest BCUT2D eigenvalue weighted by atomic mass is 16.4. The molecule has 21 heavy (non-hydrogen) atoms. The molecule has 1 aromatic heterocycles. The maximum Gasteiger partial charge on any atom is 0.348 e. The number of rotatable bonds is 3. The molecule has 1 aliphatic rings. The van der Waals surface area contributed by atoms with E-state index < -0.39 is 11.9 Å². The van der Waals surface area contributed by atoms with Crippen LogP contribution in [0.3, 0.4) is 0 Å². The van der Waals surface area contributed by atoms with Crippen molar-refractivity contribution in [1.82, 2.24) is 9.55 Å². The van der Waals surface area contributed by atoms with E-state index in [1.807, 2.05) is 6.92 Å². The quantitative estimate of drug-likeness (QED) is 0.929. The van der Waals surface area contributed by atoms with Crippen molar-refractivity contribution in [2.75, 3.05) is 0 Å². The van der Waals surface area contributed by atoms with Crippen LogP contribution in [0.1, 0.15) is 62.5 Å². The van der Waals surface area contributed by atoms with Crippen molar-refractivity contribution in [2.24, 2.45) is 11.8 Å². The van der Waals surface area contributed by atoms with Crippen LogP contribution in [-0.2, 0) is 4.79 Å². The van der Waals surface area contributed by atoms with E-state index in [0.717, 1.165) is 18.5 Å². The molecule has 0 amide bonds. The smallest absolute Gasteiger partial charge is 0.348 e. The molecule has 4 unspecified atom stereocenters. The Kier molecular flexibility index (Phi) is 4.21. The Morgan fingerprint density at radius 1 is 1.33 bits per heavy atom. The lowest BCUT2D eigenvalue weighted by Crippen LogP contribution is -2.33. The van der Waals surface area contributed by atoms with Gasteiger partial charge in [0.25, 0.3) is 0 Å². The van der Waals surface area contributed by atoms with E-state index in [2.05, 4.69) is 18.8 Å². The third kappa shape index (κ3) is 2.61. The number of aromatic nitrogens is 2. The Labute approximate surface area is 125 Å². The number of aliphatic carboxylic acids is 1. The molecule has 0 radical (unpaired) electrons. The zero-order valence-electron chi connectivity index (χ0n) is 13.4. The lowest BCUT2D eigenvalue weighted by Gasteiger charge is -2.25. The van der Waals surface area contributed by atoms with E-state index >= 15 is 0 Å². The van der Waals surface area contributed by atoms with Gasteiger partial charge >= 0.3 is 11.7 Å². The largest absolute Gasteiger partial charge is 0.481 e. The molecule has 1 fully saturated rings. The minimum Gasteiger partial charge on any atom is -0.481 e. The first-order valence-corrected chi connectivity index (χ1v) is 7.58. The molecule has 4 atom stereocenters. The molecule has 1 N–H and O–H groups in total. The van der Waals surface area contributed by atoms with Crippen molar-refractivity contribution in [3.8, 4) is 0 Å². The molecule has 0 spiro atoms. The summed E-state index contributed by atoms with van der Waals surface area (Å²) in [5, 5.41) is 9.29. The number of hydrogen-bond donors (Lipinski definition) is 1. The normalized spacial score (nSPS) is 26.8. The molecule has 0 aromatic carbocycles. The first kappa shape index (κ1) is 15.7.